The smallest absolute Gasteiger partial charge is 0.250 e. The van der Waals surface area contributed by atoms with Crippen LogP contribution in [-0.4, -0.2) is 15.7 Å². The van der Waals surface area contributed by atoms with Gasteiger partial charge in [-0.25, -0.2) is 4.39 Å². The molecule has 1 heterocycles. The molecule has 1 aromatic carbocycles. The fraction of sp³-hybridized carbons (Fsp3) is 0.294. The summed E-state index contributed by atoms with van der Waals surface area (Å²) in [6, 6.07) is 6.22. The normalized spacial score (nSPS) is 10.8. The summed E-state index contributed by atoms with van der Waals surface area (Å²) in [6.45, 7) is 7.87. The zero-order chi connectivity index (χ0) is 16.3. The van der Waals surface area contributed by atoms with E-state index in [0.717, 1.165) is 11.3 Å². The molecule has 0 spiro atoms. The Morgan fingerprint density at radius 1 is 1.45 bits per heavy atom. The number of hydrogen-bond donors (Lipinski definition) is 0. The maximum atomic E-state index is 14.1. The van der Waals surface area contributed by atoms with Gasteiger partial charge in [0.15, 0.2) is 0 Å². The van der Waals surface area contributed by atoms with Gasteiger partial charge in [-0.2, -0.15) is 5.10 Å². The second-order valence-corrected chi connectivity index (χ2v) is 5.40. The van der Waals surface area contributed by atoms with Crippen LogP contribution in [0, 0.1) is 5.82 Å². The van der Waals surface area contributed by atoms with Crippen molar-refractivity contribution in [1.29, 1.82) is 0 Å². The molecule has 0 unspecified atom stereocenters. The molecule has 0 aliphatic carbocycles. The molecule has 2 rings (SSSR count). The molecule has 0 saturated carbocycles. The summed E-state index contributed by atoms with van der Waals surface area (Å²) in [4.78, 5) is 13.6. The van der Waals surface area contributed by atoms with Crippen LogP contribution in [0.15, 0.2) is 43.1 Å². The quantitative estimate of drug-likeness (QED) is 0.794. The van der Waals surface area contributed by atoms with Crippen molar-refractivity contribution in [2.75, 3.05) is 4.90 Å². The summed E-state index contributed by atoms with van der Waals surface area (Å²) in [5.74, 6) is -0.517. The van der Waals surface area contributed by atoms with E-state index in [2.05, 4.69) is 25.5 Å². The Balaban J connectivity index is 2.45. The third-order valence-corrected chi connectivity index (χ3v) is 3.61. The predicted molar refractivity (Wildman–Crippen MR) is 85.1 cm³/mol. The number of anilines is 1. The maximum Gasteiger partial charge on any atom is 0.250 e. The van der Waals surface area contributed by atoms with Crippen molar-refractivity contribution in [3.8, 4) is 0 Å². The van der Waals surface area contributed by atoms with E-state index in [9.17, 15) is 9.18 Å². The Kier molecular flexibility index (Phi) is 4.75. The van der Waals surface area contributed by atoms with Crippen molar-refractivity contribution < 1.29 is 9.18 Å². The Morgan fingerprint density at radius 2 is 2.14 bits per heavy atom. The van der Waals surface area contributed by atoms with Crippen LogP contribution in [0.1, 0.15) is 31.0 Å². The van der Waals surface area contributed by atoms with Gasteiger partial charge in [-0.1, -0.05) is 32.6 Å². The number of halogens is 1. The predicted octanol–water partition coefficient (Wildman–Crippen LogP) is 3.40. The number of carbonyl (C=O) groups excluding carboxylic acids is 1. The van der Waals surface area contributed by atoms with E-state index in [1.54, 1.807) is 29.1 Å². The van der Waals surface area contributed by atoms with E-state index < -0.39 is 5.82 Å². The molecule has 5 heteroatoms. The zero-order valence-electron chi connectivity index (χ0n) is 13.1. The van der Waals surface area contributed by atoms with Crippen molar-refractivity contribution in [2.24, 2.45) is 7.05 Å². The van der Waals surface area contributed by atoms with Crippen molar-refractivity contribution in [3.63, 3.8) is 0 Å². The number of benzene rings is 1. The maximum absolute atomic E-state index is 14.1. The van der Waals surface area contributed by atoms with Crippen molar-refractivity contribution in [3.05, 3.63) is 60.2 Å². The first-order valence-electron chi connectivity index (χ1n) is 7.15. The van der Waals surface area contributed by atoms with Crippen LogP contribution in [-0.2, 0) is 18.4 Å². The fourth-order valence-electron chi connectivity index (χ4n) is 2.37. The molecule has 2 aromatic rings. The molecule has 116 valence electrons. The van der Waals surface area contributed by atoms with E-state index in [-0.39, 0.29) is 24.1 Å². The van der Waals surface area contributed by atoms with Crippen LogP contribution >= 0.6 is 0 Å². The standard InChI is InChI=1S/C17H20FN3O/c1-5-17(22)21(15-9-7-6-8-14(15)18)11-16-13(12(2)3)10-19-20(16)4/h5-10,12H,1,11H2,2-4H3. The van der Waals surface area contributed by atoms with Crippen molar-refractivity contribution >= 4 is 11.6 Å². The summed E-state index contributed by atoms with van der Waals surface area (Å²) in [5.41, 5.74) is 2.16. The summed E-state index contributed by atoms with van der Waals surface area (Å²) >= 11 is 0. The number of rotatable bonds is 5. The zero-order valence-corrected chi connectivity index (χ0v) is 13.1. The molecule has 1 amide bonds. The molecular formula is C17H20FN3O. The van der Waals surface area contributed by atoms with Gasteiger partial charge in [0.2, 0.25) is 0 Å². The monoisotopic (exact) mass is 301 g/mol. The summed E-state index contributed by atoms with van der Waals surface area (Å²) in [5, 5.41) is 4.25. The summed E-state index contributed by atoms with van der Waals surface area (Å²) in [7, 11) is 1.82. The average molecular weight is 301 g/mol. The minimum absolute atomic E-state index is 0.239. The van der Waals surface area contributed by atoms with Crippen LogP contribution in [0.4, 0.5) is 10.1 Å². The van der Waals surface area contributed by atoms with E-state index >= 15 is 0 Å². The highest BCUT2D eigenvalue weighted by Gasteiger charge is 2.21. The number of para-hydroxylation sites is 1. The van der Waals surface area contributed by atoms with Gasteiger partial charge < -0.3 is 4.90 Å². The lowest BCUT2D eigenvalue weighted by Crippen LogP contribution is -2.30. The van der Waals surface area contributed by atoms with Gasteiger partial charge in [0, 0.05) is 7.05 Å². The minimum atomic E-state index is -0.439. The number of aryl methyl sites for hydroxylation is 1. The number of carbonyl (C=O) groups is 1. The number of nitrogens with zero attached hydrogens (tertiary/aromatic N) is 3. The highest BCUT2D eigenvalue weighted by atomic mass is 19.1. The van der Waals surface area contributed by atoms with Gasteiger partial charge in [0.05, 0.1) is 24.1 Å². The Morgan fingerprint density at radius 3 is 2.73 bits per heavy atom. The lowest BCUT2D eigenvalue weighted by Gasteiger charge is -2.23. The average Bonchev–Trinajstić information content (AvgIpc) is 2.86. The first kappa shape index (κ1) is 15.9. The summed E-state index contributed by atoms with van der Waals surface area (Å²) < 4.78 is 15.8. The molecule has 0 aliphatic heterocycles. The first-order valence-corrected chi connectivity index (χ1v) is 7.15. The Bertz CT molecular complexity index is 691. The van der Waals surface area contributed by atoms with Crippen LogP contribution < -0.4 is 4.90 Å². The van der Waals surface area contributed by atoms with Gasteiger partial charge in [0.25, 0.3) is 5.91 Å². The molecule has 0 aliphatic rings. The lowest BCUT2D eigenvalue weighted by atomic mass is 10.0. The molecule has 1 aromatic heterocycles. The topological polar surface area (TPSA) is 38.1 Å². The van der Waals surface area contributed by atoms with Crippen LogP contribution in [0.2, 0.25) is 0 Å². The third-order valence-electron chi connectivity index (χ3n) is 3.61. The molecule has 0 atom stereocenters. The van der Waals surface area contributed by atoms with Crippen molar-refractivity contribution in [1.82, 2.24) is 9.78 Å². The van der Waals surface area contributed by atoms with Gasteiger partial charge in [-0.15, -0.1) is 0 Å². The minimum Gasteiger partial charge on any atom is -0.300 e. The van der Waals surface area contributed by atoms with Gasteiger partial charge in [0.1, 0.15) is 5.82 Å². The molecule has 22 heavy (non-hydrogen) atoms. The second-order valence-electron chi connectivity index (χ2n) is 5.40. The summed E-state index contributed by atoms with van der Waals surface area (Å²) in [6.07, 6.45) is 2.98. The Labute approximate surface area is 129 Å². The second kappa shape index (κ2) is 6.56. The highest BCUT2D eigenvalue weighted by Crippen LogP contribution is 2.25. The molecule has 0 saturated heterocycles. The SMILES string of the molecule is C=CC(=O)N(Cc1c(C(C)C)cnn1C)c1ccccc1F. The molecule has 0 bridgehead atoms. The number of aromatic nitrogens is 2. The van der Waals surface area contributed by atoms with Gasteiger partial charge in [-0.05, 0) is 29.7 Å². The fourth-order valence-corrected chi connectivity index (χ4v) is 2.37. The highest BCUT2D eigenvalue weighted by molar-refractivity contribution is 6.01. The van der Waals surface area contributed by atoms with Gasteiger partial charge in [-0.3, -0.25) is 9.48 Å². The molecule has 0 fully saturated rings. The van der Waals surface area contributed by atoms with Crippen LogP contribution in [0.25, 0.3) is 0 Å². The van der Waals surface area contributed by atoms with Crippen LogP contribution in [0.5, 0.6) is 0 Å². The molecule has 0 N–H and O–H groups in total. The van der Waals surface area contributed by atoms with Gasteiger partial charge >= 0.3 is 0 Å². The van der Waals surface area contributed by atoms with E-state index in [1.165, 1.54) is 17.0 Å². The molecule has 0 radical (unpaired) electrons. The van der Waals surface area contributed by atoms with Crippen molar-refractivity contribution in [2.45, 2.75) is 26.3 Å². The number of hydrogen-bond acceptors (Lipinski definition) is 2. The van der Waals surface area contributed by atoms with E-state index in [1.807, 2.05) is 7.05 Å². The Hall–Kier alpha value is -2.43. The molecule has 4 nitrogen and oxygen atoms in total. The lowest BCUT2D eigenvalue weighted by molar-refractivity contribution is -0.114. The first-order chi connectivity index (χ1) is 10.5. The van der Waals surface area contributed by atoms with E-state index in [0.29, 0.717) is 0 Å². The largest absolute Gasteiger partial charge is 0.300 e. The van der Waals surface area contributed by atoms with E-state index in [4.69, 9.17) is 0 Å². The number of amides is 1. The third kappa shape index (κ3) is 3.08. The molecular weight excluding hydrogens is 281 g/mol. The van der Waals surface area contributed by atoms with Crippen LogP contribution in [0.3, 0.4) is 0 Å².